The number of hydrogen-bond acceptors (Lipinski definition) is 8. The van der Waals surface area contributed by atoms with Gasteiger partial charge in [0.1, 0.15) is 23.7 Å². The first-order valence-electron chi connectivity index (χ1n) is 12.4. The van der Waals surface area contributed by atoms with Crippen LogP contribution in [0, 0.1) is 17.1 Å². The molecule has 1 atom stereocenters. The third kappa shape index (κ3) is 7.43. The first-order valence-corrected chi connectivity index (χ1v) is 12.7. The number of anilines is 3. The van der Waals surface area contributed by atoms with Crippen LogP contribution in [0.5, 0.6) is 5.75 Å². The molecule has 0 radical (unpaired) electrons. The zero-order valence-electron chi connectivity index (χ0n) is 21.7. The van der Waals surface area contributed by atoms with E-state index >= 15 is 0 Å². The number of ether oxygens (including phenoxy) is 3. The van der Waals surface area contributed by atoms with Crippen molar-refractivity contribution in [1.82, 2.24) is 9.88 Å². The lowest BCUT2D eigenvalue weighted by molar-refractivity contribution is -0.111. The number of halogens is 2. The number of nitriles is 1. The van der Waals surface area contributed by atoms with E-state index in [0.717, 1.165) is 13.0 Å². The van der Waals surface area contributed by atoms with E-state index in [4.69, 9.17) is 25.8 Å². The van der Waals surface area contributed by atoms with Gasteiger partial charge in [-0.1, -0.05) is 17.7 Å². The molecule has 0 saturated carbocycles. The number of pyridine rings is 1. The van der Waals surface area contributed by atoms with Gasteiger partial charge in [-0.15, -0.1) is 0 Å². The number of hydrogen-bond donors (Lipinski definition) is 2. The second-order valence-corrected chi connectivity index (χ2v) is 9.44. The first-order chi connectivity index (χ1) is 18.9. The summed E-state index contributed by atoms with van der Waals surface area (Å²) in [5.41, 5.74) is 2.13. The number of aromatic nitrogens is 1. The smallest absolute Gasteiger partial charge is 0.248 e. The van der Waals surface area contributed by atoms with Crippen LogP contribution < -0.4 is 15.4 Å². The Bertz CT molecular complexity index is 1400. The fourth-order valence-electron chi connectivity index (χ4n) is 3.99. The van der Waals surface area contributed by atoms with Crippen molar-refractivity contribution in [3.8, 4) is 11.8 Å². The van der Waals surface area contributed by atoms with E-state index in [1.54, 1.807) is 25.3 Å². The molecule has 1 amide bonds. The van der Waals surface area contributed by atoms with Gasteiger partial charge in [0.15, 0.2) is 0 Å². The van der Waals surface area contributed by atoms with Crippen LogP contribution in [0.2, 0.25) is 5.02 Å². The highest BCUT2D eigenvalue weighted by atomic mass is 35.5. The molecule has 1 saturated heterocycles. The van der Waals surface area contributed by atoms with Crippen LogP contribution in [0.1, 0.15) is 12.0 Å². The van der Waals surface area contributed by atoms with Crippen molar-refractivity contribution in [2.24, 2.45) is 0 Å². The molecule has 1 aromatic heterocycles. The van der Waals surface area contributed by atoms with Crippen LogP contribution >= 0.6 is 11.6 Å². The zero-order chi connectivity index (χ0) is 27.8. The largest absolute Gasteiger partial charge is 0.486 e. The minimum atomic E-state index is -0.553. The number of nitrogens with zero attached hydrogens (tertiary/aromatic N) is 3. The van der Waals surface area contributed by atoms with Crippen molar-refractivity contribution in [2.45, 2.75) is 12.5 Å². The third-order valence-corrected chi connectivity index (χ3v) is 6.37. The average molecular weight is 554 g/mol. The number of amides is 1. The van der Waals surface area contributed by atoms with Crippen LogP contribution in [0.25, 0.3) is 10.9 Å². The van der Waals surface area contributed by atoms with Crippen molar-refractivity contribution >= 4 is 45.5 Å². The second-order valence-electron chi connectivity index (χ2n) is 9.03. The van der Waals surface area contributed by atoms with E-state index in [2.05, 4.69) is 21.7 Å². The van der Waals surface area contributed by atoms with Gasteiger partial charge in [-0.2, -0.15) is 5.26 Å². The van der Waals surface area contributed by atoms with Gasteiger partial charge in [-0.25, -0.2) is 4.39 Å². The van der Waals surface area contributed by atoms with Crippen molar-refractivity contribution in [3.63, 3.8) is 0 Å². The van der Waals surface area contributed by atoms with Gasteiger partial charge in [-0.05, 0) is 31.3 Å². The molecule has 2 N–H and O–H groups in total. The van der Waals surface area contributed by atoms with Gasteiger partial charge in [-0.3, -0.25) is 9.78 Å². The molecule has 0 aliphatic carbocycles. The van der Waals surface area contributed by atoms with E-state index < -0.39 is 5.82 Å². The summed E-state index contributed by atoms with van der Waals surface area (Å²) in [6.07, 6.45) is 5.22. The molecule has 0 bridgehead atoms. The Balaban J connectivity index is 1.68. The molecule has 4 rings (SSSR count). The van der Waals surface area contributed by atoms with E-state index in [-0.39, 0.29) is 22.6 Å². The number of likely N-dealkylation sites (N-methyl/N-ethyl adjacent to an activating group) is 1. The number of methoxy groups -OCH3 is 1. The average Bonchev–Trinajstić information content (AvgIpc) is 3.43. The standard InChI is InChI=1S/C28H29ClFN5O4/c1-35(9-11-37-2)8-3-4-27(36)34-25-13-21-24(14-26(25)39-20-7-10-38-17-20)32-16-18(15-31)28(21)33-19-5-6-23(30)22(29)12-19/h3-6,12-14,16,20H,7-11,17H2,1-2H3,(H,32,33)(H,34,36)/t20-/m0/s1. The Labute approximate surface area is 231 Å². The number of fused-ring (bicyclic) bond motifs is 1. The highest BCUT2D eigenvalue weighted by Crippen LogP contribution is 2.37. The maximum Gasteiger partial charge on any atom is 0.248 e. The molecule has 1 aliphatic heterocycles. The van der Waals surface area contributed by atoms with Gasteiger partial charge in [0.2, 0.25) is 5.91 Å². The SMILES string of the molecule is COCCN(C)CC=CC(=O)Nc1cc2c(Nc3ccc(F)c(Cl)c3)c(C#N)cnc2cc1O[C@H]1CCOC1. The summed E-state index contributed by atoms with van der Waals surface area (Å²) in [5.74, 6) is -0.459. The lowest BCUT2D eigenvalue weighted by Gasteiger charge is -2.18. The Morgan fingerprint density at radius 1 is 1.38 bits per heavy atom. The van der Waals surface area contributed by atoms with Crippen LogP contribution in [-0.4, -0.2) is 69.0 Å². The fourth-order valence-corrected chi connectivity index (χ4v) is 4.17. The predicted molar refractivity (Wildman–Crippen MR) is 148 cm³/mol. The lowest BCUT2D eigenvalue weighted by Crippen LogP contribution is -2.23. The molecule has 0 spiro atoms. The van der Waals surface area contributed by atoms with Crippen molar-refractivity contribution in [2.75, 3.05) is 57.7 Å². The summed E-state index contributed by atoms with van der Waals surface area (Å²) in [6, 6.07) is 9.74. The highest BCUT2D eigenvalue weighted by Gasteiger charge is 2.21. The Morgan fingerprint density at radius 2 is 2.23 bits per heavy atom. The first kappa shape index (κ1) is 28.3. The summed E-state index contributed by atoms with van der Waals surface area (Å²) in [6.45, 7) is 2.94. The minimum Gasteiger partial charge on any atom is -0.486 e. The third-order valence-electron chi connectivity index (χ3n) is 6.08. The molecule has 11 heteroatoms. The number of carbonyl (C=O) groups excluding carboxylic acids is 1. The molecule has 9 nitrogen and oxygen atoms in total. The summed E-state index contributed by atoms with van der Waals surface area (Å²) < 4.78 is 30.4. The summed E-state index contributed by atoms with van der Waals surface area (Å²) in [7, 11) is 3.58. The summed E-state index contributed by atoms with van der Waals surface area (Å²) in [4.78, 5) is 19.3. The molecule has 39 heavy (non-hydrogen) atoms. The Morgan fingerprint density at radius 3 is 2.95 bits per heavy atom. The maximum atomic E-state index is 13.7. The number of carbonyl (C=O) groups is 1. The molecular weight excluding hydrogens is 525 g/mol. The highest BCUT2D eigenvalue weighted by molar-refractivity contribution is 6.31. The Kier molecular flexibility index (Phi) is 9.68. The van der Waals surface area contributed by atoms with Gasteiger partial charge in [0.25, 0.3) is 0 Å². The fraction of sp³-hybridized carbons (Fsp3) is 0.321. The summed E-state index contributed by atoms with van der Waals surface area (Å²) >= 11 is 5.96. The van der Waals surface area contributed by atoms with Crippen molar-refractivity contribution < 1.29 is 23.4 Å². The van der Waals surface area contributed by atoms with Gasteiger partial charge in [0.05, 0.1) is 47.3 Å². The monoisotopic (exact) mass is 553 g/mol. The quantitative estimate of drug-likeness (QED) is 0.323. The van der Waals surface area contributed by atoms with E-state index in [1.165, 1.54) is 30.5 Å². The molecular formula is C28H29ClFN5O4. The number of benzene rings is 2. The Hall–Kier alpha value is -3.75. The topological polar surface area (TPSA) is 109 Å². The number of rotatable bonds is 11. The molecule has 3 aromatic rings. The van der Waals surface area contributed by atoms with Gasteiger partial charge in [0, 0.05) is 56.0 Å². The second kappa shape index (κ2) is 13.4. The molecule has 204 valence electrons. The lowest BCUT2D eigenvalue weighted by atomic mass is 10.1. The van der Waals surface area contributed by atoms with Crippen LogP contribution in [0.15, 0.2) is 48.7 Å². The van der Waals surface area contributed by atoms with E-state index in [9.17, 15) is 14.4 Å². The van der Waals surface area contributed by atoms with Crippen molar-refractivity contribution in [1.29, 1.82) is 5.26 Å². The molecule has 0 unspecified atom stereocenters. The normalized spacial score (nSPS) is 15.1. The van der Waals surface area contributed by atoms with E-state index in [1.807, 2.05) is 11.9 Å². The molecule has 2 aromatic carbocycles. The summed E-state index contributed by atoms with van der Waals surface area (Å²) in [5, 5.41) is 16.3. The van der Waals surface area contributed by atoms with Crippen LogP contribution in [0.4, 0.5) is 21.5 Å². The number of nitrogens with one attached hydrogen (secondary N) is 2. The molecule has 2 heterocycles. The predicted octanol–water partition coefficient (Wildman–Crippen LogP) is 4.88. The molecule has 1 fully saturated rings. The van der Waals surface area contributed by atoms with Gasteiger partial charge >= 0.3 is 0 Å². The maximum absolute atomic E-state index is 13.7. The van der Waals surface area contributed by atoms with Crippen LogP contribution in [-0.2, 0) is 14.3 Å². The van der Waals surface area contributed by atoms with Crippen molar-refractivity contribution in [3.05, 3.63) is 65.1 Å². The van der Waals surface area contributed by atoms with E-state index in [0.29, 0.717) is 60.1 Å². The zero-order valence-corrected chi connectivity index (χ0v) is 22.4. The minimum absolute atomic E-state index is 0.0565. The van der Waals surface area contributed by atoms with Crippen LogP contribution in [0.3, 0.4) is 0 Å². The molecule has 1 aliphatic rings. The van der Waals surface area contributed by atoms with Gasteiger partial charge < -0.3 is 29.7 Å².